The van der Waals surface area contributed by atoms with E-state index < -0.39 is 21.2 Å². The molecule has 4 atom stereocenters. The Morgan fingerprint density at radius 1 is 1.23 bits per heavy atom. The lowest BCUT2D eigenvalue weighted by Gasteiger charge is -2.40. The molecule has 1 aliphatic heterocycles. The van der Waals surface area contributed by atoms with Crippen molar-refractivity contribution in [1.29, 1.82) is 0 Å². The Balaban J connectivity index is 0.00000242. The van der Waals surface area contributed by atoms with Gasteiger partial charge in [-0.05, 0) is 26.7 Å². The lowest BCUT2D eigenvalue weighted by molar-refractivity contribution is -0.146. The van der Waals surface area contributed by atoms with E-state index in [2.05, 4.69) is 5.32 Å². The summed E-state index contributed by atoms with van der Waals surface area (Å²) < 4.78 is 32.4. The molecule has 1 saturated heterocycles. The largest absolute Gasteiger partial charge is 0.469 e. The first-order valence-electron chi connectivity index (χ1n) is 7.69. The molecule has 0 aromatic heterocycles. The highest BCUT2D eigenvalue weighted by molar-refractivity contribution is 7.89. The molecule has 1 heterocycles. The maximum Gasteiger partial charge on any atom is 0.310 e. The van der Waals surface area contributed by atoms with Crippen LogP contribution < -0.4 is 5.32 Å². The van der Waals surface area contributed by atoms with Crippen molar-refractivity contribution in [1.82, 2.24) is 9.62 Å². The van der Waals surface area contributed by atoms with Gasteiger partial charge in [-0.25, -0.2) is 8.42 Å². The van der Waals surface area contributed by atoms with Crippen molar-refractivity contribution in [2.75, 3.05) is 20.2 Å². The van der Waals surface area contributed by atoms with E-state index in [0.717, 1.165) is 12.8 Å². The van der Waals surface area contributed by atoms with Gasteiger partial charge in [-0.3, -0.25) is 4.79 Å². The monoisotopic (exact) mass is 354 g/mol. The molecule has 8 heteroatoms. The van der Waals surface area contributed by atoms with Gasteiger partial charge in [0, 0.05) is 25.2 Å². The van der Waals surface area contributed by atoms with E-state index in [0.29, 0.717) is 25.9 Å². The number of hydrogen-bond acceptors (Lipinski definition) is 5. The van der Waals surface area contributed by atoms with E-state index in [1.165, 1.54) is 7.11 Å². The Morgan fingerprint density at radius 3 is 2.50 bits per heavy atom. The van der Waals surface area contributed by atoms with Gasteiger partial charge in [-0.2, -0.15) is 4.31 Å². The molecule has 2 rings (SSSR count). The third-order valence-corrected chi connectivity index (χ3v) is 7.12. The molecular formula is C14H27ClN2O4S. The van der Waals surface area contributed by atoms with Crippen molar-refractivity contribution < 1.29 is 17.9 Å². The van der Waals surface area contributed by atoms with Crippen molar-refractivity contribution >= 4 is 28.4 Å². The number of nitrogens with one attached hydrogen (secondary N) is 1. The molecule has 0 aromatic rings. The fraction of sp³-hybridized carbons (Fsp3) is 0.929. The van der Waals surface area contributed by atoms with Gasteiger partial charge in [0.2, 0.25) is 10.0 Å². The summed E-state index contributed by atoms with van der Waals surface area (Å²) in [4.78, 5) is 11.9. The van der Waals surface area contributed by atoms with Gasteiger partial charge < -0.3 is 10.1 Å². The molecule has 2 fully saturated rings. The fourth-order valence-corrected chi connectivity index (χ4v) is 5.87. The zero-order valence-corrected chi connectivity index (χ0v) is 15.1. The zero-order chi connectivity index (χ0) is 15.6. The quantitative estimate of drug-likeness (QED) is 0.769. The molecule has 0 aromatic carbocycles. The van der Waals surface area contributed by atoms with Gasteiger partial charge >= 0.3 is 5.97 Å². The van der Waals surface area contributed by atoms with E-state index in [1.54, 1.807) is 4.31 Å². The molecule has 1 saturated carbocycles. The number of carbonyl (C=O) groups is 1. The second kappa shape index (κ2) is 7.95. The van der Waals surface area contributed by atoms with E-state index >= 15 is 0 Å². The molecule has 22 heavy (non-hydrogen) atoms. The molecule has 1 N–H and O–H groups in total. The second-order valence-corrected chi connectivity index (χ2v) is 8.33. The summed E-state index contributed by atoms with van der Waals surface area (Å²) in [6.45, 7) is 5.00. The minimum Gasteiger partial charge on any atom is -0.469 e. The summed E-state index contributed by atoms with van der Waals surface area (Å²) in [5.74, 6) is -0.912. The van der Waals surface area contributed by atoms with Gasteiger partial charge in [-0.1, -0.05) is 12.8 Å². The average molecular weight is 355 g/mol. The molecule has 0 radical (unpaired) electrons. The van der Waals surface area contributed by atoms with E-state index in [4.69, 9.17) is 4.74 Å². The Hall–Kier alpha value is -0.370. The third-order valence-electron chi connectivity index (χ3n) is 4.62. The van der Waals surface area contributed by atoms with Crippen LogP contribution in [0.5, 0.6) is 0 Å². The molecule has 130 valence electrons. The highest BCUT2D eigenvalue weighted by atomic mass is 35.5. The number of hydrogen-bond donors (Lipinski definition) is 1. The number of halogens is 1. The van der Waals surface area contributed by atoms with Crippen LogP contribution >= 0.6 is 12.4 Å². The minimum atomic E-state index is -3.48. The lowest BCUT2D eigenvalue weighted by atomic mass is 9.89. The van der Waals surface area contributed by atoms with Crippen molar-refractivity contribution in [3.8, 4) is 0 Å². The summed E-state index contributed by atoms with van der Waals surface area (Å²) in [6, 6.07) is 0.0579. The number of nitrogens with zero attached hydrogens (tertiary/aromatic N) is 1. The fourth-order valence-electron chi connectivity index (χ4n) is 3.39. The average Bonchev–Trinajstić information content (AvgIpc) is 2.48. The molecule has 6 nitrogen and oxygen atoms in total. The molecule has 2 aliphatic rings. The van der Waals surface area contributed by atoms with Gasteiger partial charge in [-0.15, -0.1) is 12.4 Å². The second-order valence-electron chi connectivity index (χ2n) is 6.23. The standard InChI is InChI=1S/C14H26N2O4S.ClH/c1-10-9-16(11(2)8-15-10)21(18,19)13-7-5-4-6-12(13)14(17)20-3;/h10-13,15H,4-9H2,1-3H3;1H. The van der Waals surface area contributed by atoms with E-state index in [1.807, 2.05) is 13.8 Å². The lowest BCUT2D eigenvalue weighted by Crippen LogP contribution is -2.59. The van der Waals surface area contributed by atoms with Crippen molar-refractivity contribution in [3.63, 3.8) is 0 Å². The van der Waals surface area contributed by atoms with Gasteiger partial charge in [0.15, 0.2) is 0 Å². The van der Waals surface area contributed by atoms with Crippen LogP contribution in [-0.4, -0.2) is 56.2 Å². The Labute approximate surface area is 139 Å². The Morgan fingerprint density at radius 2 is 1.86 bits per heavy atom. The summed E-state index contributed by atoms with van der Waals surface area (Å²) in [5, 5.41) is 2.65. The van der Waals surface area contributed by atoms with Crippen LogP contribution in [0.2, 0.25) is 0 Å². The maximum absolute atomic E-state index is 13.0. The Bertz CT molecular complexity index is 485. The van der Waals surface area contributed by atoms with Crippen LogP contribution in [0, 0.1) is 5.92 Å². The van der Waals surface area contributed by atoms with E-state index in [-0.39, 0.29) is 30.5 Å². The molecule has 0 amide bonds. The highest BCUT2D eigenvalue weighted by Gasteiger charge is 2.45. The van der Waals surface area contributed by atoms with Gasteiger partial charge in [0.05, 0.1) is 18.3 Å². The summed E-state index contributed by atoms with van der Waals surface area (Å²) >= 11 is 0. The van der Waals surface area contributed by atoms with E-state index in [9.17, 15) is 13.2 Å². The third kappa shape index (κ3) is 3.93. The first-order chi connectivity index (χ1) is 9.87. The zero-order valence-electron chi connectivity index (χ0n) is 13.4. The predicted molar refractivity (Wildman–Crippen MR) is 87.6 cm³/mol. The van der Waals surface area contributed by atoms with Crippen molar-refractivity contribution in [2.45, 2.75) is 56.9 Å². The minimum absolute atomic E-state index is 0. The molecule has 0 spiro atoms. The normalized spacial score (nSPS) is 33.8. The maximum atomic E-state index is 13.0. The topological polar surface area (TPSA) is 75.7 Å². The number of carbonyl (C=O) groups excluding carboxylic acids is 1. The highest BCUT2D eigenvalue weighted by Crippen LogP contribution is 2.33. The number of piperazine rings is 1. The number of methoxy groups -OCH3 is 1. The van der Waals surface area contributed by atoms with Crippen LogP contribution in [0.25, 0.3) is 0 Å². The van der Waals surface area contributed by atoms with Crippen molar-refractivity contribution in [3.05, 3.63) is 0 Å². The summed E-state index contributed by atoms with van der Waals surface area (Å²) in [6.07, 6.45) is 2.90. The van der Waals surface area contributed by atoms with Crippen LogP contribution in [0.3, 0.4) is 0 Å². The Kier molecular flexibility index (Phi) is 7.11. The molecular weight excluding hydrogens is 328 g/mol. The molecule has 0 bridgehead atoms. The predicted octanol–water partition coefficient (Wildman–Crippen LogP) is 1.15. The smallest absolute Gasteiger partial charge is 0.310 e. The first kappa shape index (κ1) is 19.7. The summed E-state index contributed by atoms with van der Waals surface area (Å²) in [7, 11) is -2.15. The number of sulfonamides is 1. The van der Waals surface area contributed by atoms with Crippen molar-refractivity contribution in [2.24, 2.45) is 5.92 Å². The number of esters is 1. The van der Waals surface area contributed by atoms with Crippen LogP contribution in [0.15, 0.2) is 0 Å². The number of rotatable bonds is 3. The first-order valence-corrected chi connectivity index (χ1v) is 9.20. The SMILES string of the molecule is COC(=O)C1CCCCC1S(=O)(=O)N1CC(C)NCC1C.Cl. The van der Waals surface area contributed by atoms with Crippen LogP contribution in [0.1, 0.15) is 39.5 Å². The van der Waals surface area contributed by atoms with Gasteiger partial charge in [0.1, 0.15) is 0 Å². The number of ether oxygens (including phenoxy) is 1. The van der Waals surface area contributed by atoms with Crippen LogP contribution in [-0.2, 0) is 19.6 Å². The summed E-state index contributed by atoms with van der Waals surface area (Å²) in [5.41, 5.74) is 0. The molecule has 1 aliphatic carbocycles. The molecule has 4 unspecified atom stereocenters. The van der Waals surface area contributed by atoms with Crippen LogP contribution in [0.4, 0.5) is 0 Å². The van der Waals surface area contributed by atoms with Gasteiger partial charge in [0.25, 0.3) is 0 Å².